The van der Waals surface area contributed by atoms with Crippen molar-refractivity contribution in [3.63, 3.8) is 0 Å². The summed E-state index contributed by atoms with van der Waals surface area (Å²) in [5.41, 5.74) is 5.92. The van der Waals surface area contributed by atoms with Gasteiger partial charge in [0.15, 0.2) is 0 Å². The number of imidazole rings is 1. The highest BCUT2D eigenvalue weighted by atomic mass is 16.6. The molecule has 3 amide bonds. The van der Waals surface area contributed by atoms with E-state index in [0.29, 0.717) is 30.0 Å². The molecule has 0 radical (unpaired) electrons. The molecule has 2 atom stereocenters. The van der Waals surface area contributed by atoms with Gasteiger partial charge in [-0.15, -0.1) is 0 Å². The first-order valence-electron chi connectivity index (χ1n) is 16.0. The molecule has 258 valence electrons. The summed E-state index contributed by atoms with van der Waals surface area (Å²) in [5, 5.41) is 5.15. The Kier molecular flexibility index (Phi) is 11.8. The number of rotatable bonds is 12. The Labute approximate surface area is 278 Å². The fraction of sp³-hybridized carbons (Fsp3) is 0.471. The maximum Gasteiger partial charge on any atom is 0.420 e. The number of anilines is 1. The number of nitrogens with zero attached hydrogens (tertiary/aromatic N) is 3. The van der Waals surface area contributed by atoms with Gasteiger partial charge in [0.05, 0.1) is 30.8 Å². The molecular formula is C34H44N6O8. The summed E-state index contributed by atoms with van der Waals surface area (Å²) >= 11 is 0. The van der Waals surface area contributed by atoms with Crippen LogP contribution in [0.2, 0.25) is 0 Å². The van der Waals surface area contributed by atoms with E-state index in [2.05, 4.69) is 24.5 Å². The zero-order valence-electron chi connectivity index (χ0n) is 28.0. The van der Waals surface area contributed by atoms with Crippen molar-refractivity contribution < 1.29 is 33.4 Å². The number of para-hydroxylation sites is 1. The second-order valence-corrected chi connectivity index (χ2v) is 13.0. The molecule has 1 aromatic carbocycles. The van der Waals surface area contributed by atoms with Crippen molar-refractivity contribution in [3.8, 4) is 0 Å². The third-order valence-corrected chi connectivity index (χ3v) is 7.31. The molecule has 0 saturated carbocycles. The Balaban J connectivity index is 1.61. The van der Waals surface area contributed by atoms with Crippen molar-refractivity contribution in [2.75, 3.05) is 18.5 Å². The second-order valence-electron chi connectivity index (χ2n) is 13.0. The SMILES string of the molecule is CC(C)Cc1cccc2c1nc(Cn1cccc(NC(=O)C(CC/C=C/C(N)=O)NC(=O)OC3CCOC3)c1=O)n2C(=O)OC(C)(C)C. The van der Waals surface area contributed by atoms with Crippen molar-refractivity contribution >= 4 is 40.7 Å². The number of ether oxygens (including phenoxy) is 3. The Hall–Kier alpha value is -4.98. The smallest absolute Gasteiger partial charge is 0.420 e. The van der Waals surface area contributed by atoms with E-state index in [1.54, 1.807) is 32.9 Å². The summed E-state index contributed by atoms with van der Waals surface area (Å²) in [6.07, 6.45) is 3.89. The standard InChI is InChI=1S/C34H44N6O8/c1-21(2)18-22-10-8-13-26-29(22)38-28(40(26)33(45)48-34(3,4)5)19-39-16-9-12-25(31(39)43)36-30(42)24(11-6-7-14-27(35)41)37-32(44)47-23-15-17-46-20-23/h7-10,12-14,16,21,23-24H,6,11,15,17-20H2,1-5H3,(H2,35,41)(H,36,42)(H,37,44)/b14-7+. The van der Waals surface area contributed by atoms with Gasteiger partial charge in [0, 0.05) is 12.6 Å². The monoisotopic (exact) mass is 664 g/mol. The molecule has 3 aromatic rings. The van der Waals surface area contributed by atoms with Crippen molar-refractivity contribution in [2.24, 2.45) is 11.7 Å². The molecule has 4 N–H and O–H groups in total. The predicted octanol–water partition coefficient (Wildman–Crippen LogP) is 3.87. The number of allylic oxidation sites excluding steroid dienone is 1. The van der Waals surface area contributed by atoms with E-state index in [-0.39, 0.29) is 37.5 Å². The van der Waals surface area contributed by atoms with Gasteiger partial charge in [-0.3, -0.25) is 14.4 Å². The van der Waals surface area contributed by atoms with Crippen molar-refractivity contribution in [3.05, 3.63) is 70.4 Å². The lowest BCUT2D eigenvalue weighted by Gasteiger charge is -2.21. The summed E-state index contributed by atoms with van der Waals surface area (Å²) in [6.45, 7) is 10.1. The van der Waals surface area contributed by atoms with E-state index >= 15 is 0 Å². The molecule has 1 aliphatic rings. The highest BCUT2D eigenvalue weighted by Gasteiger charge is 2.27. The Morgan fingerprint density at radius 3 is 2.60 bits per heavy atom. The normalized spacial score (nSPS) is 15.5. The maximum atomic E-state index is 13.7. The van der Waals surface area contributed by atoms with Crippen LogP contribution in [0.1, 0.15) is 65.3 Å². The number of hydrogen-bond donors (Lipinski definition) is 3. The topological polar surface area (TPSA) is 186 Å². The number of primary amides is 1. The third-order valence-electron chi connectivity index (χ3n) is 7.31. The Morgan fingerprint density at radius 1 is 1.17 bits per heavy atom. The van der Waals surface area contributed by atoms with E-state index in [0.717, 1.165) is 18.1 Å². The number of amides is 3. The maximum absolute atomic E-state index is 13.7. The fourth-order valence-electron chi connectivity index (χ4n) is 5.22. The Bertz CT molecular complexity index is 1730. The molecule has 14 heteroatoms. The molecule has 4 rings (SSSR count). The number of nitrogens with one attached hydrogen (secondary N) is 2. The number of alkyl carbamates (subject to hydrolysis) is 1. The molecule has 2 aromatic heterocycles. The minimum absolute atomic E-state index is 0.0556. The lowest BCUT2D eigenvalue weighted by atomic mass is 10.0. The number of carbonyl (C=O) groups is 4. The summed E-state index contributed by atoms with van der Waals surface area (Å²) in [6, 6.07) is 7.52. The van der Waals surface area contributed by atoms with E-state index in [4.69, 9.17) is 24.9 Å². The third kappa shape index (κ3) is 9.77. The fourth-order valence-corrected chi connectivity index (χ4v) is 5.22. The first kappa shape index (κ1) is 35.9. The van der Waals surface area contributed by atoms with Gasteiger partial charge in [0.2, 0.25) is 11.8 Å². The van der Waals surface area contributed by atoms with Crippen molar-refractivity contribution in [1.29, 1.82) is 0 Å². The van der Waals surface area contributed by atoms with Crippen LogP contribution >= 0.6 is 0 Å². The average Bonchev–Trinajstić information content (AvgIpc) is 3.63. The van der Waals surface area contributed by atoms with Crippen LogP contribution in [0.3, 0.4) is 0 Å². The van der Waals surface area contributed by atoms with Gasteiger partial charge in [0.25, 0.3) is 5.56 Å². The van der Waals surface area contributed by atoms with Crippen LogP contribution in [0.5, 0.6) is 0 Å². The van der Waals surface area contributed by atoms with Gasteiger partial charge in [-0.2, -0.15) is 0 Å². The summed E-state index contributed by atoms with van der Waals surface area (Å²) in [4.78, 5) is 69.0. The van der Waals surface area contributed by atoms with E-state index in [9.17, 15) is 24.0 Å². The first-order chi connectivity index (χ1) is 22.7. The van der Waals surface area contributed by atoms with E-state index < -0.39 is 47.3 Å². The molecule has 0 spiro atoms. The summed E-state index contributed by atoms with van der Waals surface area (Å²) < 4.78 is 19.0. The van der Waals surface area contributed by atoms with Gasteiger partial charge in [-0.1, -0.05) is 32.1 Å². The molecule has 1 fully saturated rings. The molecule has 14 nitrogen and oxygen atoms in total. The van der Waals surface area contributed by atoms with Gasteiger partial charge in [0.1, 0.15) is 29.3 Å². The Morgan fingerprint density at radius 2 is 1.94 bits per heavy atom. The molecule has 48 heavy (non-hydrogen) atoms. The van der Waals surface area contributed by atoms with Crippen LogP contribution in [-0.4, -0.2) is 69.1 Å². The van der Waals surface area contributed by atoms with Crippen LogP contribution in [0.15, 0.2) is 53.5 Å². The molecular weight excluding hydrogens is 620 g/mol. The van der Waals surface area contributed by atoms with Crippen molar-refractivity contribution in [2.45, 2.75) is 84.6 Å². The first-order valence-corrected chi connectivity index (χ1v) is 16.0. The van der Waals surface area contributed by atoms with E-state index in [1.807, 2.05) is 12.1 Å². The van der Waals surface area contributed by atoms with Gasteiger partial charge < -0.3 is 35.1 Å². The van der Waals surface area contributed by atoms with Crippen LogP contribution in [0.25, 0.3) is 11.0 Å². The number of carbonyl (C=O) groups excluding carboxylic acids is 4. The van der Waals surface area contributed by atoms with Crippen LogP contribution in [-0.2, 0) is 36.8 Å². The van der Waals surface area contributed by atoms with Gasteiger partial charge >= 0.3 is 12.2 Å². The van der Waals surface area contributed by atoms with Crippen LogP contribution in [0.4, 0.5) is 15.3 Å². The lowest BCUT2D eigenvalue weighted by Crippen LogP contribution is -2.45. The molecule has 1 aliphatic heterocycles. The van der Waals surface area contributed by atoms with Gasteiger partial charge in [-0.25, -0.2) is 19.1 Å². The number of nitrogens with two attached hydrogens (primary N) is 1. The van der Waals surface area contributed by atoms with Crippen LogP contribution < -0.4 is 21.9 Å². The minimum Gasteiger partial charge on any atom is -0.444 e. The summed E-state index contributed by atoms with van der Waals surface area (Å²) in [7, 11) is 0. The lowest BCUT2D eigenvalue weighted by molar-refractivity contribution is -0.118. The molecule has 0 aliphatic carbocycles. The zero-order chi connectivity index (χ0) is 35.0. The number of benzene rings is 1. The minimum atomic E-state index is -1.11. The number of pyridine rings is 1. The van der Waals surface area contributed by atoms with Crippen LogP contribution in [0, 0.1) is 5.92 Å². The quantitative estimate of drug-likeness (QED) is 0.242. The van der Waals surface area contributed by atoms with E-state index in [1.165, 1.54) is 27.5 Å². The average molecular weight is 665 g/mol. The highest BCUT2D eigenvalue weighted by Crippen LogP contribution is 2.24. The summed E-state index contributed by atoms with van der Waals surface area (Å²) in [5.74, 6) is -0.702. The number of fused-ring (bicyclic) bond motifs is 1. The predicted molar refractivity (Wildman–Crippen MR) is 179 cm³/mol. The highest BCUT2D eigenvalue weighted by molar-refractivity contribution is 5.96. The molecule has 2 unspecified atom stereocenters. The molecule has 3 heterocycles. The van der Waals surface area contributed by atoms with Gasteiger partial charge in [-0.05, 0) is 75.8 Å². The molecule has 1 saturated heterocycles. The molecule has 0 bridgehead atoms. The number of hydrogen-bond acceptors (Lipinski definition) is 9. The largest absolute Gasteiger partial charge is 0.444 e. The van der Waals surface area contributed by atoms with Crippen molar-refractivity contribution in [1.82, 2.24) is 19.4 Å². The zero-order valence-corrected chi connectivity index (χ0v) is 28.0. The second kappa shape index (κ2) is 15.7. The number of aromatic nitrogens is 3.